The summed E-state index contributed by atoms with van der Waals surface area (Å²) in [5.41, 5.74) is -0.646. The molecule has 2 bridgehead atoms. The fourth-order valence-corrected chi connectivity index (χ4v) is 6.51. The van der Waals surface area contributed by atoms with Crippen LogP contribution < -0.4 is 20.5 Å². The molecule has 0 spiro atoms. The van der Waals surface area contributed by atoms with Crippen molar-refractivity contribution in [1.29, 1.82) is 0 Å². The van der Waals surface area contributed by atoms with Gasteiger partial charge < -0.3 is 24.6 Å². The molecule has 2 aliphatic heterocycles. The van der Waals surface area contributed by atoms with Crippen LogP contribution in [-0.4, -0.2) is 51.9 Å². The van der Waals surface area contributed by atoms with Gasteiger partial charge in [-0.05, 0) is 55.7 Å². The maximum absolute atomic E-state index is 17.0. The van der Waals surface area contributed by atoms with Crippen LogP contribution in [0.3, 0.4) is 0 Å². The first-order valence-electron chi connectivity index (χ1n) is 13.5. The first kappa shape index (κ1) is 24.8. The molecular formula is C30H27F2N5O3. The molecule has 2 aromatic carbocycles. The zero-order valence-corrected chi connectivity index (χ0v) is 21.9. The highest BCUT2D eigenvalue weighted by molar-refractivity contribution is 6.03. The first-order chi connectivity index (χ1) is 19.4. The van der Waals surface area contributed by atoms with Crippen LogP contribution in [0.4, 0.5) is 14.6 Å². The normalized spacial score (nSPS) is 20.6. The van der Waals surface area contributed by atoms with Crippen molar-refractivity contribution in [3.05, 3.63) is 51.8 Å². The fraction of sp³-hybridized carbons (Fsp3) is 0.367. The van der Waals surface area contributed by atoms with Gasteiger partial charge in [0.2, 0.25) is 0 Å². The van der Waals surface area contributed by atoms with Gasteiger partial charge in [0.15, 0.2) is 5.82 Å². The summed E-state index contributed by atoms with van der Waals surface area (Å²) in [6.07, 6.45) is 9.97. The number of phenols is 1. The van der Waals surface area contributed by atoms with Crippen LogP contribution >= 0.6 is 0 Å². The lowest BCUT2D eigenvalue weighted by atomic mass is 9.90. The number of aromatic nitrogens is 3. The van der Waals surface area contributed by atoms with Crippen molar-refractivity contribution in [2.45, 2.75) is 50.2 Å². The number of halogens is 2. The van der Waals surface area contributed by atoms with E-state index >= 15 is 4.39 Å². The van der Waals surface area contributed by atoms with Crippen LogP contribution in [0.1, 0.15) is 43.7 Å². The number of nitrogens with zero attached hydrogens (tertiary/aromatic N) is 4. The van der Waals surface area contributed by atoms with Crippen LogP contribution in [0.25, 0.3) is 32.9 Å². The topological polar surface area (TPSA) is 92.5 Å². The van der Waals surface area contributed by atoms with Gasteiger partial charge in [0, 0.05) is 42.2 Å². The summed E-state index contributed by atoms with van der Waals surface area (Å²) in [4.78, 5) is 25.3. The minimum Gasteiger partial charge on any atom is -0.508 e. The Bertz CT molecular complexity index is 1800. The van der Waals surface area contributed by atoms with Gasteiger partial charge in [-0.3, -0.25) is 4.79 Å². The number of benzene rings is 2. The van der Waals surface area contributed by atoms with E-state index in [-0.39, 0.29) is 63.0 Å². The molecule has 2 N–H and O–H groups in total. The molecular weight excluding hydrogens is 516 g/mol. The Morgan fingerprint density at radius 1 is 1.10 bits per heavy atom. The predicted octanol–water partition coefficient (Wildman–Crippen LogP) is 4.25. The third-order valence-electron chi connectivity index (χ3n) is 8.55. The summed E-state index contributed by atoms with van der Waals surface area (Å²) < 4.78 is 38.7. The number of pyridine rings is 1. The van der Waals surface area contributed by atoms with Gasteiger partial charge in [-0.2, -0.15) is 9.97 Å². The Labute approximate surface area is 228 Å². The molecule has 4 aromatic rings. The van der Waals surface area contributed by atoms with Crippen LogP contribution in [0, 0.1) is 24.0 Å². The van der Waals surface area contributed by atoms with Crippen LogP contribution in [0.15, 0.2) is 29.1 Å². The summed E-state index contributed by atoms with van der Waals surface area (Å²) in [5, 5.41) is 14.9. The van der Waals surface area contributed by atoms with E-state index in [1.165, 1.54) is 35.9 Å². The predicted molar refractivity (Wildman–Crippen MR) is 148 cm³/mol. The Kier molecular flexibility index (Phi) is 5.68. The second-order valence-corrected chi connectivity index (χ2v) is 10.9. The van der Waals surface area contributed by atoms with Gasteiger partial charge in [0.1, 0.15) is 28.3 Å². The number of aromatic hydroxyl groups is 1. The van der Waals surface area contributed by atoms with Crippen molar-refractivity contribution in [2.75, 3.05) is 25.1 Å². The maximum Gasteiger partial charge on any atom is 0.318 e. The highest BCUT2D eigenvalue weighted by Crippen LogP contribution is 2.42. The smallest absolute Gasteiger partial charge is 0.318 e. The number of hydrogen-bond acceptors (Lipinski definition) is 7. The second-order valence-electron chi connectivity index (χ2n) is 10.9. The summed E-state index contributed by atoms with van der Waals surface area (Å²) in [6.45, 7) is 1.25. The molecule has 0 amide bonds. The number of terminal acetylenes is 1. The Hall–Kier alpha value is -4.23. The third kappa shape index (κ3) is 3.64. The highest BCUT2D eigenvalue weighted by atomic mass is 19.1. The molecule has 3 fully saturated rings. The molecule has 7 rings (SSSR count). The van der Waals surface area contributed by atoms with Gasteiger partial charge in [0.05, 0.1) is 18.4 Å². The van der Waals surface area contributed by atoms with Crippen molar-refractivity contribution in [3.63, 3.8) is 0 Å². The quantitative estimate of drug-likeness (QED) is 0.372. The van der Waals surface area contributed by atoms with Crippen molar-refractivity contribution in [1.82, 2.24) is 19.9 Å². The van der Waals surface area contributed by atoms with Crippen molar-refractivity contribution >= 4 is 27.5 Å². The molecule has 204 valence electrons. The summed E-state index contributed by atoms with van der Waals surface area (Å²) in [6, 6.07) is 5.61. The monoisotopic (exact) mass is 543 g/mol. The van der Waals surface area contributed by atoms with E-state index in [0.717, 1.165) is 19.3 Å². The highest BCUT2D eigenvalue weighted by Gasteiger charge is 2.36. The van der Waals surface area contributed by atoms with Gasteiger partial charge in [0.25, 0.3) is 5.56 Å². The average molecular weight is 544 g/mol. The number of phenolic OH excluding ortho intramolecular Hbond substituents is 1. The average Bonchev–Trinajstić information content (AvgIpc) is 3.26. The summed E-state index contributed by atoms with van der Waals surface area (Å²) in [5.74, 6) is 1.13. The third-order valence-corrected chi connectivity index (χ3v) is 8.55. The van der Waals surface area contributed by atoms with E-state index in [1.807, 2.05) is 4.90 Å². The molecule has 3 aliphatic rings. The van der Waals surface area contributed by atoms with E-state index < -0.39 is 17.2 Å². The number of anilines is 1. The van der Waals surface area contributed by atoms with E-state index in [2.05, 4.69) is 21.2 Å². The lowest BCUT2D eigenvalue weighted by Crippen LogP contribution is -2.51. The zero-order chi connectivity index (χ0) is 27.7. The van der Waals surface area contributed by atoms with Crippen LogP contribution in [0.5, 0.6) is 11.8 Å². The van der Waals surface area contributed by atoms with Crippen molar-refractivity contribution < 1.29 is 18.6 Å². The number of methoxy groups -OCH3 is 1. The molecule has 2 atom stereocenters. The van der Waals surface area contributed by atoms with Crippen LogP contribution in [-0.2, 0) is 0 Å². The van der Waals surface area contributed by atoms with E-state index in [4.69, 9.17) is 11.2 Å². The van der Waals surface area contributed by atoms with Gasteiger partial charge in [-0.1, -0.05) is 12.0 Å². The zero-order valence-electron chi connectivity index (χ0n) is 21.9. The van der Waals surface area contributed by atoms with Crippen molar-refractivity contribution in [3.8, 4) is 35.4 Å². The largest absolute Gasteiger partial charge is 0.508 e. The van der Waals surface area contributed by atoms with Gasteiger partial charge >= 0.3 is 6.01 Å². The minimum absolute atomic E-state index is 0.0600. The molecule has 0 radical (unpaired) electrons. The number of hydrogen-bond donors (Lipinski definition) is 2. The number of ether oxygens (including phenoxy) is 1. The van der Waals surface area contributed by atoms with E-state index in [1.54, 1.807) is 0 Å². The van der Waals surface area contributed by atoms with E-state index in [9.17, 15) is 14.3 Å². The second kappa shape index (κ2) is 9.17. The van der Waals surface area contributed by atoms with Crippen molar-refractivity contribution in [2.24, 2.45) is 0 Å². The molecule has 2 aromatic heterocycles. The van der Waals surface area contributed by atoms with Crippen LogP contribution in [0.2, 0.25) is 0 Å². The molecule has 40 heavy (non-hydrogen) atoms. The molecule has 1 aliphatic carbocycles. The minimum atomic E-state index is -0.777. The summed E-state index contributed by atoms with van der Waals surface area (Å²) in [7, 11) is 1.39. The lowest BCUT2D eigenvalue weighted by Gasteiger charge is -2.35. The molecule has 1 saturated carbocycles. The molecule has 4 heterocycles. The molecule has 2 unspecified atom stereocenters. The number of nitrogens with one attached hydrogen (secondary N) is 1. The fourth-order valence-electron chi connectivity index (χ4n) is 6.51. The summed E-state index contributed by atoms with van der Waals surface area (Å²) >= 11 is 0. The maximum atomic E-state index is 17.0. The van der Waals surface area contributed by atoms with E-state index in [0.29, 0.717) is 37.1 Å². The first-order valence-corrected chi connectivity index (χ1v) is 13.5. The SMILES string of the molecule is C#Cc1c(F)ccc2cc(O)cc(-c3c(F)c4nc(OC)nc(N5CC6CCC(C5)N6)c4c(=O)n3C3CCC3)c12. The van der Waals surface area contributed by atoms with Gasteiger partial charge in [-0.15, -0.1) is 6.42 Å². The van der Waals surface area contributed by atoms with Gasteiger partial charge in [-0.25, -0.2) is 8.78 Å². The Morgan fingerprint density at radius 3 is 2.50 bits per heavy atom. The Morgan fingerprint density at radius 2 is 1.85 bits per heavy atom. The lowest BCUT2D eigenvalue weighted by molar-refractivity contribution is 0.307. The standard InChI is InChI=1S/C30H27F2N5O3/c1-3-20-22(31)10-7-15-11-19(38)12-21(23(15)20)27-25(32)26-24(29(39)37(27)18-5-4-6-18)28(35-30(34-26)40-2)36-13-16-8-9-17(14-36)33-16/h1,7,10-12,16-18,33,38H,4-6,8-9,13-14H2,2H3. The number of piperazine rings is 1. The Balaban J connectivity index is 1.59. The number of rotatable bonds is 4. The number of fused-ring (bicyclic) bond motifs is 4. The molecule has 8 nitrogen and oxygen atoms in total. The molecule has 2 saturated heterocycles. The molecule has 10 heteroatoms.